The monoisotopic (exact) mass is 290 g/mol. The van der Waals surface area contributed by atoms with Crippen LogP contribution < -0.4 is 5.69 Å². The number of nitrogens with zero attached hydrogens (tertiary/aromatic N) is 2. The van der Waals surface area contributed by atoms with Crippen LogP contribution >= 0.6 is 0 Å². The number of para-hydroxylation sites is 1. The molecule has 0 unspecified atom stereocenters. The molecule has 4 aromatic rings. The zero-order valence-corrected chi connectivity index (χ0v) is 11.8. The number of hydrogen-bond donors (Lipinski definition) is 2. The summed E-state index contributed by atoms with van der Waals surface area (Å²) >= 11 is 0. The van der Waals surface area contributed by atoms with Crippen molar-refractivity contribution >= 4 is 11.0 Å². The van der Waals surface area contributed by atoms with Gasteiger partial charge in [-0.15, -0.1) is 0 Å². The van der Waals surface area contributed by atoms with E-state index in [4.69, 9.17) is 0 Å². The number of benzene rings is 2. The highest BCUT2D eigenvalue weighted by atomic mass is 16.1. The molecule has 5 nitrogen and oxygen atoms in total. The summed E-state index contributed by atoms with van der Waals surface area (Å²) in [6.45, 7) is 0.797. The molecule has 5 heteroatoms. The Kier molecular flexibility index (Phi) is 2.89. The predicted octanol–water partition coefficient (Wildman–Crippen LogP) is 2.77. The maximum Gasteiger partial charge on any atom is 0.323 e. The maximum atomic E-state index is 11.5. The third-order valence-electron chi connectivity index (χ3n) is 3.74. The molecule has 0 fully saturated rings. The first-order chi connectivity index (χ1) is 10.8. The summed E-state index contributed by atoms with van der Waals surface area (Å²) in [4.78, 5) is 21.2. The molecule has 108 valence electrons. The molecule has 0 aliphatic heterocycles. The molecule has 2 aromatic heterocycles. The average Bonchev–Trinajstić information content (AvgIpc) is 3.16. The van der Waals surface area contributed by atoms with E-state index in [1.807, 2.05) is 29.0 Å². The molecule has 0 bridgehead atoms. The second kappa shape index (κ2) is 5.04. The predicted molar refractivity (Wildman–Crippen MR) is 85.7 cm³/mol. The second-order valence-electron chi connectivity index (χ2n) is 5.24. The van der Waals surface area contributed by atoms with Crippen LogP contribution in [-0.2, 0) is 6.54 Å². The van der Waals surface area contributed by atoms with Crippen LogP contribution in [0.25, 0.3) is 22.2 Å². The van der Waals surface area contributed by atoms with Gasteiger partial charge >= 0.3 is 5.69 Å². The zero-order chi connectivity index (χ0) is 14.9. The van der Waals surface area contributed by atoms with Crippen molar-refractivity contribution in [3.63, 3.8) is 0 Å². The van der Waals surface area contributed by atoms with Gasteiger partial charge in [0.15, 0.2) is 0 Å². The van der Waals surface area contributed by atoms with Crippen LogP contribution in [0.15, 0.2) is 66.0 Å². The third kappa shape index (κ3) is 2.22. The highest BCUT2D eigenvalue weighted by Crippen LogP contribution is 2.26. The smallest absolute Gasteiger partial charge is 0.323 e. The molecule has 0 aliphatic rings. The minimum Gasteiger partial charge on any atom is -0.333 e. The van der Waals surface area contributed by atoms with Gasteiger partial charge in [-0.2, -0.15) is 0 Å². The van der Waals surface area contributed by atoms with Gasteiger partial charge in [0.25, 0.3) is 0 Å². The average molecular weight is 290 g/mol. The van der Waals surface area contributed by atoms with E-state index in [0.717, 1.165) is 28.7 Å². The lowest BCUT2D eigenvalue weighted by molar-refractivity contribution is 0.797. The SMILES string of the molecule is O=c1[nH]c2cccc(-c3ccc(Cn4ccnc4)cc3)c2[nH]1. The van der Waals surface area contributed by atoms with Crippen molar-refractivity contribution in [2.24, 2.45) is 0 Å². The van der Waals surface area contributed by atoms with Crippen molar-refractivity contribution in [1.29, 1.82) is 0 Å². The Balaban J connectivity index is 1.71. The molecule has 0 spiro atoms. The van der Waals surface area contributed by atoms with Gasteiger partial charge < -0.3 is 14.5 Å². The van der Waals surface area contributed by atoms with Gasteiger partial charge in [-0.1, -0.05) is 36.4 Å². The van der Waals surface area contributed by atoms with Crippen LogP contribution in [0.5, 0.6) is 0 Å². The summed E-state index contributed by atoms with van der Waals surface area (Å²) < 4.78 is 2.03. The number of aromatic amines is 2. The summed E-state index contributed by atoms with van der Waals surface area (Å²) in [6.07, 6.45) is 5.52. The number of imidazole rings is 2. The minimum absolute atomic E-state index is 0.181. The molecule has 22 heavy (non-hydrogen) atoms. The lowest BCUT2D eigenvalue weighted by atomic mass is 10.0. The first-order valence-corrected chi connectivity index (χ1v) is 7.06. The number of fused-ring (bicyclic) bond motifs is 1. The maximum absolute atomic E-state index is 11.5. The molecular formula is C17H14N4O. The van der Waals surface area contributed by atoms with Gasteiger partial charge in [0.05, 0.1) is 17.4 Å². The third-order valence-corrected chi connectivity index (χ3v) is 3.74. The van der Waals surface area contributed by atoms with Gasteiger partial charge in [0, 0.05) is 24.5 Å². The fourth-order valence-corrected chi connectivity index (χ4v) is 2.68. The number of nitrogens with one attached hydrogen (secondary N) is 2. The fourth-order valence-electron chi connectivity index (χ4n) is 2.68. The number of rotatable bonds is 3. The Morgan fingerprint density at radius 3 is 2.68 bits per heavy atom. The van der Waals surface area contributed by atoms with E-state index in [9.17, 15) is 4.79 Å². The molecule has 0 atom stereocenters. The normalized spacial score (nSPS) is 11.1. The highest BCUT2D eigenvalue weighted by molar-refractivity contribution is 5.91. The Hall–Kier alpha value is -3.08. The molecule has 4 rings (SSSR count). The molecule has 2 heterocycles. The van der Waals surface area contributed by atoms with E-state index < -0.39 is 0 Å². The van der Waals surface area contributed by atoms with E-state index in [1.165, 1.54) is 5.56 Å². The van der Waals surface area contributed by atoms with Crippen molar-refractivity contribution in [3.05, 3.63) is 77.2 Å². The molecule has 2 N–H and O–H groups in total. The minimum atomic E-state index is -0.181. The van der Waals surface area contributed by atoms with Gasteiger partial charge in [-0.25, -0.2) is 9.78 Å². The Bertz CT molecular complexity index is 962. The van der Waals surface area contributed by atoms with Crippen molar-refractivity contribution in [3.8, 4) is 11.1 Å². The van der Waals surface area contributed by atoms with Gasteiger partial charge in [-0.05, 0) is 17.2 Å². The molecule has 0 saturated carbocycles. The van der Waals surface area contributed by atoms with Crippen LogP contribution in [0.3, 0.4) is 0 Å². The first-order valence-electron chi connectivity index (χ1n) is 7.06. The van der Waals surface area contributed by atoms with Gasteiger partial charge in [0.2, 0.25) is 0 Å². The molecule has 0 radical (unpaired) electrons. The summed E-state index contributed by atoms with van der Waals surface area (Å²) in [5.41, 5.74) is 4.79. The lowest BCUT2D eigenvalue weighted by Gasteiger charge is -2.06. The van der Waals surface area contributed by atoms with Crippen LogP contribution in [0.2, 0.25) is 0 Å². The Morgan fingerprint density at radius 1 is 1.05 bits per heavy atom. The highest BCUT2D eigenvalue weighted by Gasteiger charge is 2.06. The Labute approximate surface area is 126 Å². The lowest BCUT2D eigenvalue weighted by Crippen LogP contribution is -1.99. The second-order valence-corrected chi connectivity index (χ2v) is 5.24. The molecule has 0 amide bonds. The zero-order valence-electron chi connectivity index (χ0n) is 11.8. The number of aromatic nitrogens is 4. The van der Waals surface area contributed by atoms with Crippen molar-refractivity contribution < 1.29 is 0 Å². The van der Waals surface area contributed by atoms with Crippen molar-refractivity contribution in [2.75, 3.05) is 0 Å². The van der Waals surface area contributed by atoms with Crippen LogP contribution in [0.1, 0.15) is 5.56 Å². The molecule has 2 aromatic carbocycles. The molecular weight excluding hydrogens is 276 g/mol. The van der Waals surface area contributed by atoms with E-state index in [1.54, 1.807) is 12.5 Å². The van der Waals surface area contributed by atoms with E-state index >= 15 is 0 Å². The van der Waals surface area contributed by atoms with Crippen molar-refractivity contribution in [2.45, 2.75) is 6.54 Å². The van der Waals surface area contributed by atoms with E-state index in [2.05, 4.69) is 39.2 Å². The fraction of sp³-hybridized carbons (Fsp3) is 0.0588. The van der Waals surface area contributed by atoms with Crippen molar-refractivity contribution in [1.82, 2.24) is 19.5 Å². The quantitative estimate of drug-likeness (QED) is 0.609. The van der Waals surface area contributed by atoms with Crippen LogP contribution in [0.4, 0.5) is 0 Å². The standard InChI is InChI=1S/C17H14N4O/c22-17-19-15-3-1-2-14(16(15)20-17)13-6-4-12(5-7-13)10-21-9-8-18-11-21/h1-9,11H,10H2,(H2,19,20,22). The molecule has 0 saturated heterocycles. The summed E-state index contributed by atoms with van der Waals surface area (Å²) in [7, 11) is 0. The summed E-state index contributed by atoms with van der Waals surface area (Å²) in [5.74, 6) is 0. The Morgan fingerprint density at radius 2 is 1.91 bits per heavy atom. The first kappa shape index (κ1) is 12.6. The largest absolute Gasteiger partial charge is 0.333 e. The van der Waals surface area contributed by atoms with Crippen LogP contribution in [0, 0.1) is 0 Å². The molecule has 0 aliphatic carbocycles. The van der Waals surface area contributed by atoms with Gasteiger partial charge in [-0.3, -0.25) is 0 Å². The summed E-state index contributed by atoms with van der Waals surface area (Å²) in [6, 6.07) is 14.2. The number of hydrogen-bond acceptors (Lipinski definition) is 2. The van der Waals surface area contributed by atoms with Gasteiger partial charge in [0.1, 0.15) is 0 Å². The topological polar surface area (TPSA) is 66.5 Å². The van der Waals surface area contributed by atoms with E-state index in [0.29, 0.717) is 0 Å². The van der Waals surface area contributed by atoms with Crippen LogP contribution in [-0.4, -0.2) is 19.5 Å². The van der Waals surface area contributed by atoms with E-state index in [-0.39, 0.29) is 5.69 Å². The summed E-state index contributed by atoms with van der Waals surface area (Å²) in [5, 5.41) is 0. The number of H-pyrrole nitrogens is 2.